The molecule has 1 aromatic heterocycles. The van der Waals surface area contributed by atoms with Crippen molar-refractivity contribution in [2.45, 2.75) is 12.0 Å². The molecule has 6 heteroatoms. The lowest BCUT2D eigenvalue weighted by molar-refractivity contribution is 0.320. The molecule has 0 aliphatic carbocycles. The molecule has 2 aromatic rings. The van der Waals surface area contributed by atoms with Gasteiger partial charge in [-0.05, 0) is 6.92 Å². The van der Waals surface area contributed by atoms with Crippen LogP contribution in [0.25, 0.3) is 11.3 Å². The first kappa shape index (κ1) is 10.8. The number of hydrogen-bond acceptors (Lipinski definition) is 5. The van der Waals surface area contributed by atoms with E-state index < -0.39 is 15.2 Å². The predicted molar refractivity (Wildman–Crippen MR) is 54.6 cm³/mol. The molecule has 0 atom stereocenters. The third-order valence-electron chi connectivity index (χ3n) is 2.16. The summed E-state index contributed by atoms with van der Waals surface area (Å²) in [5.41, 5.74) is 1.31. The van der Waals surface area contributed by atoms with Crippen LogP contribution >= 0.6 is 0 Å². The Morgan fingerprint density at radius 1 is 1.25 bits per heavy atom. The molecule has 1 heterocycles. The molecule has 0 N–H and O–H groups in total. The van der Waals surface area contributed by atoms with Gasteiger partial charge < -0.3 is 9.08 Å². The summed E-state index contributed by atoms with van der Waals surface area (Å²) in [6.07, 6.45) is 0. The summed E-state index contributed by atoms with van der Waals surface area (Å²) in [7, 11) is -4.60. The Bertz CT molecular complexity index is 601. The number of aromatic nitrogens is 1. The van der Waals surface area contributed by atoms with E-state index in [1.807, 2.05) is 6.07 Å². The molecule has 0 aliphatic rings. The van der Waals surface area contributed by atoms with Gasteiger partial charge in [-0.2, -0.15) is 0 Å². The topological polar surface area (TPSA) is 83.2 Å². The first-order chi connectivity index (χ1) is 7.50. The summed E-state index contributed by atoms with van der Waals surface area (Å²) in [4.78, 5) is 0. The van der Waals surface area contributed by atoms with Gasteiger partial charge in [0.2, 0.25) is 5.09 Å². The average molecular weight is 238 g/mol. The van der Waals surface area contributed by atoms with Gasteiger partial charge in [-0.1, -0.05) is 35.5 Å². The lowest BCUT2D eigenvalue weighted by Crippen LogP contribution is -1.98. The minimum Gasteiger partial charge on any atom is -0.742 e. The average Bonchev–Trinajstić information content (AvgIpc) is 2.61. The summed E-state index contributed by atoms with van der Waals surface area (Å²) >= 11 is 0. The number of benzene rings is 1. The van der Waals surface area contributed by atoms with E-state index in [1.54, 1.807) is 24.3 Å². The van der Waals surface area contributed by atoms with E-state index in [0.29, 0.717) is 11.3 Å². The Morgan fingerprint density at radius 3 is 2.38 bits per heavy atom. The molecule has 2 rings (SSSR count). The second kappa shape index (κ2) is 3.73. The molecule has 5 nitrogen and oxygen atoms in total. The first-order valence-corrected chi connectivity index (χ1v) is 5.88. The fraction of sp³-hybridized carbons (Fsp3) is 0.100. The van der Waals surface area contributed by atoms with Crippen molar-refractivity contribution in [2.24, 2.45) is 0 Å². The highest BCUT2D eigenvalue weighted by Crippen LogP contribution is 2.26. The van der Waals surface area contributed by atoms with Crippen LogP contribution in [0.5, 0.6) is 0 Å². The van der Waals surface area contributed by atoms with E-state index in [9.17, 15) is 13.0 Å². The zero-order valence-electron chi connectivity index (χ0n) is 8.38. The van der Waals surface area contributed by atoms with Crippen LogP contribution < -0.4 is 0 Å². The van der Waals surface area contributed by atoms with Crippen LogP contribution in [0.15, 0.2) is 39.9 Å². The SMILES string of the molecule is Cc1c(-c2ccccc2)noc1S(=O)(=O)[O-]. The standard InChI is InChI=1S/C10H9NO4S/c1-7-9(8-5-3-2-4-6-8)11-15-10(7)16(12,13)14/h2-6H,1H3,(H,12,13,14)/p-1. The molecule has 0 amide bonds. The highest BCUT2D eigenvalue weighted by Gasteiger charge is 2.17. The van der Waals surface area contributed by atoms with Crippen LogP contribution in [-0.4, -0.2) is 18.1 Å². The van der Waals surface area contributed by atoms with Crippen molar-refractivity contribution in [1.29, 1.82) is 0 Å². The molecule has 0 unspecified atom stereocenters. The zero-order chi connectivity index (χ0) is 11.8. The molecule has 1 aromatic carbocycles. The molecule has 0 spiro atoms. The predicted octanol–water partition coefficient (Wildman–Crippen LogP) is 1.55. The quantitative estimate of drug-likeness (QED) is 0.741. The van der Waals surface area contributed by atoms with E-state index >= 15 is 0 Å². The second-order valence-electron chi connectivity index (χ2n) is 3.26. The Morgan fingerprint density at radius 2 is 1.88 bits per heavy atom. The van der Waals surface area contributed by atoms with E-state index in [1.165, 1.54) is 6.92 Å². The second-order valence-corrected chi connectivity index (χ2v) is 4.54. The zero-order valence-corrected chi connectivity index (χ0v) is 9.19. The Balaban J connectivity index is 2.59. The molecule has 0 saturated heterocycles. The van der Waals surface area contributed by atoms with Crippen LogP contribution in [0.2, 0.25) is 0 Å². The maximum Gasteiger partial charge on any atom is 0.241 e. The largest absolute Gasteiger partial charge is 0.742 e. The molecule has 0 radical (unpaired) electrons. The van der Waals surface area contributed by atoms with Crippen molar-refractivity contribution in [1.82, 2.24) is 5.16 Å². The van der Waals surface area contributed by atoms with E-state index in [4.69, 9.17) is 0 Å². The third-order valence-corrected chi connectivity index (χ3v) is 2.99. The van der Waals surface area contributed by atoms with Gasteiger partial charge >= 0.3 is 0 Å². The molecule has 16 heavy (non-hydrogen) atoms. The van der Waals surface area contributed by atoms with E-state index in [0.717, 1.165) is 0 Å². The van der Waals surface area contributed by atoms with Crippen molar-refractivity contribution < 1.29 is 17.5 Å². The third kappa shape index (κ3) is 1.84. The lowest BCUT2D eigenvalue weighted by atomic mass is 10.1. The van der Waals surface area contributed by atoms with Crippen molar-refractivity contribution in [3.63, 3.8) is 0 Å². The number of rotatable bonds is 2. The molecule has 84 valence electrons. The van der Waals surface area contributed by atoms with Gasteiger partial charge in [0.05, 0.1) is 0 Å². The van der Waals surface area contributed by atoms with Crippen LogP contribution in [0.1, 0.15) is 5.56 Å². The first-order valence-electron chi connectivity index (χ1n) is 4.48. The summed E-state index contributed by atoms with van der Waals surface area (Å²) in [5, 5.41) is 2.98. The van der Waals surface area contributed by atoms with Crippen LogP contribution in [0, 0.1) is 6.92 Å². The molecule has 0 saturated carbocycles. The van der Waals surface area contributed by atoms with E-state index in [-0.39, 0.29) is 5.56 Å². The van der Waals surface area contributed by atoms with Gasteiger partial charge in [0.25, 0.3) is 0 Å². The fourth-order valence-corrected chi connectivity index (χ4v) is 2.02. The lowest BCUT2D eigenvalue weighted by Gasteiger charge is -2.02. The molecule has 0 fully saturated rings. The minimum atomic E-state index is -4.60. The number of hydrogen-bond donors (Lipinski definition) is 0. The summed E-state index contributed by atoms with van der Waals surface area (Å²) in [6, 6.07) is 8.91. The highest BCUT2D eigenvalue weighted by atomic mass is 32.2. The van der Waals surface area contributed by atoms with Crippen molar-refractivity contribution in [3.05, 3.63) is 35.9 Å². The maximum absolute atomic E-state index is 10.8. The van der Waals surface area contributed by atoms with Crippen molar-refractivity contribution >= 4 is 10.1 Å². The Kier molecular flexibility index (Phi) is 2.53. The van der Waals surface area contributed by atoms with Crippen LogP contribution in [0.4, 0.5) is 0 Å². The van der Waals surface area contributed by atoms with Crippen LogP contribution in [0.3, 0.4) is 0 Å². The molecule has 0 bridgehead atoms. The maximum atomic E-state index is 10.8. The van der Waals surface area contributed by atoms with E-state index in [2.05, 4.69) is 9.68 Å². The highest BCUT2D eigenvalue weighted by molar-refractivity contribution is 7.85. The van der Waals surface area contributed by atoms with Gasteiger partial charge in [0, 0.05) is 11.1 Å². The summed E-state index contributed by atoms with van der Waals surface area (Å²) in [6.45, 7) is 1.49. The smallest absolute Gasteiger partial charge is 0.241 e. The van der Waals surface area contributed by atoms with Gasteiger partial charge in [-0.3, -0.25) is 0 Å². The minimum absolute atomic E-state index is 0.237. The van der Waals surface area contributed by atoms with Gasteiger partial charge in [0.15, 0.2) is 10.1 Å². The fourth-order valence-electron chi connectivity index (χ4n) is 1.42. The summed E-state index contributed by atoms with van der Waals surface area (Å²) in [5.74, 6) is 0. The Hall–Kier alpha value is -1.66. The summed E-state index contributed by atoms with van der Waals surface area (Å²) < 4.78 is 37.0. The normalized spacial score (nSPS) is 11.6. The van der Waals surface area contributed by atoms with Gasteiger partial charge in [0.1, 0.15) is 5.69 Å². The number of nitrogens with zero attached hydrogens (tertiary/aromatic N) is 1. The Labute approximate surface area is 92.4 Å². The van der Waals surface area contributed by atoms with Crippen molar-refractivity contribution in [3.8, 4) is 11.3 Å². The van der Waals surface area contributed by atoms with Crippen LogP contribution in [-0.2, 0) is 10.1 Å². The molecule has 0 aliphatic heterocycles. The monoisotopic (exact) mass is 238 g/mol. The van der Waals surface area contributed by atoms with Gasteiger partial charge in [-0.25, -0.2) is 8.42 Å². The molecular weight excluding hydrogens is 230 g/mol. The van der Waals surface area contributed by atoms with Gasteiger partial charge in [-0.15, -0.1) is 0 Å². The molecular formula is C10H8NO4S-. The van der Waals surface area contributed by atoms with Crippen molar-refractivity contribution in [2.75, 3.05) is 0 Å².